The Morgan fingerprint density at radius 1 is 0.886 bits per heavy atom. The van der Waals surface area contributed by atoms with Crippen LogP contribution in [0, 0.1) is 34.6 Å². The van der Waals surface area contributed by atoms with Gasteiger partial charge in [-0.2, -0.15) is 0 Å². The zero-order valence-electron chi connectivity index (χ0n) is 20.8. The Morgan fingerprint density at radius 2 is 1.57 bits per heavy atom. The van der Waals surface area contributed by atoms with Gasteiger partial charge in [-0.05, 0) is 75.9 Å². The first-order valence-electron chi connectivity index (χ1n) is 11.3. The van der Waals surface area contributed by atoms with Gasteiger partial charge in [-0.25, -0.2) is 4.79 Å². The molecule has 0 aliphatic carbocycles. The fraction of sp³-hybridized carbons (Fsp3) is 0.296. The Kier molecular flexibility index (Phi) is 8.30. The summed E-state index contributed by atoms with van der Waals surface area (Å²) in [5.41, 5.74) is 5.24. The van der Waals surface area contributed by atoms with Gasteiger partial charge < -0.3 is 20.1 Å². The van der Waals surface area contributed by atoms with Gasteiger partial charge in [0.2, 0.25) is 0 Å². The molecule has 0 radical (unpaired) electrons. The molecule has 8 heteroatoms. The van der Waals surface area contributed by atoms with Crippen molar-refractivity contribution in [2.24, 2.45) is 0 Å². The number of hydrogen-bond donors (Lipinski definition) is 2. The zero-order valence-corrected chi connectivity index (χ0v) is 21.6. The SMILES string of the molecule is CCOC(=O)c1c(NC(=O)COc2cc(C)ccc2C)sc(C(=O)Nc2ccc(C)cc2C)c1C. The van der Waals surface area contributed by atoms with E-state index in [0.29, 0.717) is 21.9 Å². The maximum atomic E-state index is 13.1. The Hall–Kier alpha value is -3.65. The summed E-state index contributed by atoms with van der Waals surface area (Å²) in [4.78, 5) is 38.8. The lowest BCUT2D eigenvalue weighted by atomic mass is 10.1. The molecule has 0 aliphatic heterocycles. The predicted molar refractivity (Wildman–Crippen MR) is 139 cm³/mol. The van der Waals surface area contributed by atoms with E-state index in [1.807, 2.05) is 64.1 Å². The minimum atomic E-state index is -0.599. The summed E-state index contributed by atoms with van der Waals surface area (Å²) in [7, 11) is 0. The van der Waals surface area contributed by atoms with E-state index in [2.05, 4.69) is 10.6 Å². The molecule has 0 spiro atoms. The maximum Gasteiger partial charge on any atom is 0.341 e. The van der Waals surface area contributed by atoms with Crippen molar-refractivity contribution in [3.63, 3.8) is 0 Å². The van der Waals surface area contributed by atoms with Crippen LogP contribution in [0.3, 0.4) is 0 Å². The minimum Gasteiger partial charge on any atom is -0.483 e. The largest absolute Gasteiger partial charge is 0.483 e. The number of amides is 2. The van der Waals surface area contributed by atoms with Crippen molar-refractivity contribution < 1.29 is 23.9 Å². The highest BCUT2D eigenvalue weighted by atomic mass is 32.1. The van der Waals surface area contributed by atoms with E-state index < -0.39 is 11.9 Å². The lowest BCUT2D eigenvalue weighted by molar-refractivity contribution is -0.118. The number of esters is 1. The molecular formula is C27H30N2O5S. The van der Waals surface area contributed by atoms with Gasteiger partial charge in [0.25, 0.3) is 11.8 Å². The summed E-state index contributed by atoms with van der Waals surface area (Å²) in [6.45, 7) is 11.0. The molecule has 0 saturated heterocycles. The predicted octanol–water partition coefficient (Wildman–Crippen LogP) is 5.74. The molecule has 0 saturated carbocycles. The number of ether oxygens (including phenoxy) is 2. The van der Waals surface area contributed by atoms with Crippen molar-refractivity contribution in [2.75, 3.05) is 23.8 Å². The standard InChI is InChI=1S/C27H30N2O5S/c1-7-33-27(32)23-19(6)24(25(31)28-20-11-9-15(2)12-18(20)5)35-26(23)29-22(30)14-34-21-13-16(3)8-10-17(21)4/h8-13H,7,14H2,1-6H3,(H,28,31)(H,29,30). The number of rotatable bonds is 8. The molecule has 0 atom stereocenters. The first kappa shape index (κ1) is 26.0. The van der Waals surface area contributed by atoms with E-state index in [-0.39, 0.29) is 29.7 Å². The second-order valence-corrected chi connectivity index (χ2v) is 9.38. The van der Waals surface area contributed by atoms with Gasteiger partial charge in [0.15, 0.2) is 6.61 Å². The normalized spacial score (nSPS) is 10.6. The summed E-state index contributed by atoms with van der Waals surface area (Å²) >= 11 is 1.03. The third-order valence-corrected chi connectivity index (χ3v) is 6.62. The number of aryl methyl sites for hydroxylation is 4. The van der Waals surface area contributed by atoms with Crippen LogP contribution in [-0.2, 0) is 9.53 Å². The van der Waals surface area contributed by atoms with Crippen LogP contribution >= 0.6 is 11.3 Å². The van der Waals surface area contributed by atoms with Crippen molar-refractivity contribution >= 4 is 39.8 Å². The molecular weight excluding hydrogens is 464 g/mol. The van der Waals surface area contributed by atoms with Crippen LogP contribution in [0.25, 0.3) is 0 Å². The van der Waals surface area contributed by atoms with Crippen molar-refractivity contribution in [3.05, 3.63) is 74.7 Å². The fourth-order valence-corrected chi connectivity index (χ4v) is 4.68. The molecule has 2 N–H and O–H groups in total. The van der Waals surface area contributed by atoms with Gasteiger partial charge in [0.05, 0.1) is 17.0 Å². The lowest BCUT2D eigenvalue weighted by Gasteiger charge is -2.10. The van der Waals surface area contributed by atoms with Crippen LogP contribution in [0.1, 0.15) is 54.8 Å². The van der Waals surface area contributed by atoms with Crippen molar-refractivity contribution in [2.45, 2.75) is 41.5 Å². The molecule has 1 aromatic heterocycles. The van der Waals surface area contributed by atoms with Gasteiger partial charge in [-0.1, -0.05) is 29.8 Å². The van der Waals surface area contributed by atoms with Gasteiger partial charge in [0, 0.05) is 5.69 Å². The van der Waals surface area contributed by atoms with Crippen molar-refractivity contribution in [1.29, 1.82) is 0 Å². The van der Waals surface area contributed by atoms with Crippen molar-refractivity contribution in [1.82, 2.24) is 0 Å². The molecule has 3 aromatic rings. The van der Waals surface area contributed by atoms with E-state index in [0.717, 1.165) is 33.6 Å². The molecule has 1 heterocycles. The van der Waals surface area contributed by atoms with Gasteiger partial charge in [0.1, 0.15) is 10.8 Å². The summed E-state index contributed by atoms with van der Waals surface area (Å²) < 4.78 is 10.9. The highest BCUT2D eigenvalue weighted by Crippen LogP contribution is 2.34. The zero-order chi connectivity index (χ0) is 25.7. The quantitative estimate of drug-likeness (QED) is 0.390. The second-order valence-electron chi connectivity index (χ2n) is 8.36. The summed E-state index contributed by atoms with van der Waals surface area (Å²) in [6.07, 6.45) is 0. The molecule has 0 bridgehead atoms. The van der Waals surface area contributed by atoms with Gasteiger partial charge in [-0.3, -0.25) is 9.59 Å². The number of carbonyl (C=O) groups is 3. The molecule has 3 rings (SSSR count). The Bertz CT molecular complexity index is 1280. The number of benzene rings is 2. The maximum absolute atomic E-state index is 13.1. The third kappa shape index (κ3) is 6.27. The average molecular weight is 495 g/mol. The number of thiophene rings is 1. The van der Waals surface area contributed by atoms with Crippen molar-refractivity contribution in [3.8, 4) is 5.75 Å². The topological polar surface area (TPSA) is 93.7 Å². The van der Waals surface area contributed by atoms with E-state index >= 15 is 0 Å². The van der Waals surface area contributed by atoms with Crippen LogP contribution in [-0.4, -0.2) is 31.0 Å². The number of nitrogens with one attached hydrogen (secondary N) is 2. The lowest BCUT2D eigenvalue weighted by Crippen LogP contribution is -2.21. The number of anilines is 2. The van der Waals surface area contributed by atoms with E-state index in [9.17, 15) is 14.4 Å². The first-order valence-corrected chi connectivity index (χ1v) is 12.1. The number of carbonyl (C=O) groups excluding carboxylic acids is 3. The van der Waals surface area contributed by atoms with Gasteiger partial charge >= 0.3 is 5.97 Å². The molecule has 0 fully saturated rings. The summed E-state index contributed by atoms with van der Waals surface area (Å²) in [5.74, 6) is -0.796. The smallest absolute Gasteiger partial charge is 0.341 e. The fourth-order valence-electron chi connectivity index (χ4n) is 3.57. The second kappa shape index (κ2) is 11.2. The van der Waals surface area contributed by atoms with Crippen LogP contribution in [0.4, 0.5) is 10.7 Å². The highest BCUT2D eigenvalue weighted by molar-refractivity contribution is 7.19. The summed E-state index contributed by atoms with van der Waals surface area (Å²) in [5, 5.41) is 5.88. The third-order valence-electron chi connectivity index (χ3n) is 5.42. The van der Waals surface area contributed by atoms with Crippen LogP contribution in [0.2, 0.25) is 0 Å². The van der Waals surface area contributed by atoms with Gasteiger partial charge in [-0.15, -0.1) is 11.3 Å². The molecule has 2 amide bonds. The number of hydrogen-bond acceptors (Lipinski definition) is 6. The molecule has 2 aromatic carbocycles. The minimum absolute atomic E-state index is 0.168. The Balaban J connectivity index is 1.83. The first-order chi connectivity index (χ1) is 16.6. The van der Waals surface area contributed by atoms with E-state index in [1.165, 1.54) is 0 Å². The highest BCUT2D eigenvalue weighted by Gasteiger charge is 2.27. The van der Waals surface area contributed by atoms with Crippen LogP contribution in [0.15, 0.2) is 36.4 Å². The van der Waals surface area contributed by atoms with E-state index in [1.54, 1.807) is 13.8 Å². The van der Waals surface area contributed by atoms with E-state index in [4.69, 9.17) is 9.47 Å². The molecule has 7 nitrogen and oxygen atoms in total. The monoisotopic (exact) mass is 494 g/mol. The molecule has 35 heavy (non-hydrogen) atoms. The van der Waals surface area contributed by atoms with Crippen LogP contribution in [0.5, 0.6) is 5.75 Å². The average Bonchev–Trinajstić information content (AvgIpc) is 3.12. The molecule has 0 aliphatic rings. The summed E-state index contributed by atoms with van der Waals surface area (Å²) in [6, 6.07) is 11.5. The Morgan fingerprint density at radius 3 is 2.26 bits per heavy atom. The van der Waals surface area contributed by atoms with Crippen LogP contribution < -0.4 is 15.4 Å². The molecule has 184 valence electrons. The molecule has 0 unspecified atom stereocenters. The Labute approximate surface area is 209 Å².